The first-order chi connectivity index (χ1) is 13.4. The van der Waals surface area contributed by atoms with Crippen molar-refractivity contribution in [1.29, 1.82) is 0 Å². The van der Waals surface area contributed by atoms with Gasteiger partial charge < -0.3 is 24.3 Å². The van der Waals surface area contributed by atoms with Crippen LogP contribution in [0.25, 0.3) is 0 Å². The van der Waals surface area contributed by atoms with Gasteiger partial charge in [-0.1, -0.05) is 25.7 Å². The van der Waals surface area contributed by atoms with Gasteiger partial charge in [0.05, 0.1) is 22.3 Å². The molecule has 28 heavy (non-hydrogen) atoms. The molecule has 5 nitrogen and oxygen atoms in total. The molecule has 0 spiro atoms. The zero-order chi connectivity index (χ0) is 19.9. The molecule has 2 aliphatic rings. The molecule has 0 amide bonds. The average Bonchev–Trinajstić information content (AvgIpc) is 3.12. The predicted molar refractivity (Wildman–Crippen MR) is 113 cm³/mol. The Morgan fingerprint density at radius 2 is 1.82 bits per heavy atom. The van der Waals surface area contributed by atoms with Crippen LogP contribution in [0.15, 0.2) is 24.3 Å². The van der Waals surface area contributed by atoms with Crippen molar-refractivity contribution in [2.75, 3.05) is 27.6 Å². The van der Waals surface area contributed by atoms with Crippen molar-refractivity contribution in [2.45, 2.75) is 38.5 Å². The van der Waals surface area contributed by atoms with Crippen LogP contribution in [-0.4, -0.2) is 35.6 Å². The van der Waals surface area contributed by atoms with Gasteiger partial charge in [0.1, 0.15) is 0 Å². The van der Waals surface area contributed by atoms with E-state index in [0.29, 0.717) is 6.79 Å². The average molecular weight is 400 g/mol. The molecule has 0 aromatic heterocycles. The van der Waals surface area contributed by atoms with E-state index in [1.54, 1.807) is 14.2 Å². The SMILES string of the molecule is COc1ccc(C[C@@H]2NCCc3cc4c(cc32)OCO4)c([Si](C)(C)C)c1OC. The fourth-order valence-electron chi connectivity index (χ4n) is 4.39. The number of fused-ring (bicyclic) bond motifs is 2. The van der Waals surface area contributed by atoms with E-state index in [4.69, 9.17) is 18.9 Å². The second-order valence-electron chi connectivity index (χ2n) is 8.45. The Morgan fingerprint density at radius 3 is 2.50 bits per heavy atom. The van der Waals surface area contributed by atoms with Crippen LogP contribution in [0.1, 0.15) is 22.7 Å². The van der Waals surface area contributed by atoms with Gasteiger partial charge in [0.15, 0.2) is 23.0 Å². The van der Waals surface area contributed by atoms with Gasteiger partial charge in [0.2, 0.25) is 6.79 Å². The number of nitrogens with one attached hydrogen (secondary N) is 1. The summed E-state index contributed by atoms with van der Waals surface area (Å²) in [6, 6.07) is 8.79. The molecule has 2 aromatic rings. The molecule has 0 aliphatic carbocycles. The lowest BCUT2D eigenvalue weighted by molar-refractivity contribution is 0.174. The fourth-order valence-corrected chi connectivity index (χ4v) is 6.45. The minimum absolute atomic E-state index is 0.242. The lowest BCUT2D eigenvalue weighted by Crippen LogP contribution is -2.42. The van der Waals surface area contributed by atoms with Crippen LogP contribution in [0, 0.1) is 0 Å². The summed E-state index contributed by atoms with van der Waals surface area (Å²) in [6.07, 6.45) is 1.92. The number of rotatable bonds is 5. The van der Waals surface area contributed by atoms with E-state index in [2.05, 4.69) is 43.2 Å². The molecule has 2 heterocycles. The molecule has 4 rings (SSSR count). The zero-order valence-electron chi connectivity index (χ0n) is 17.3. The number of hydrogen-bond donors (Lipinski definition) is 1. The highest BCUT2D eigenvalue weighted by molar-refractivity contribution is 6.89. The van der Waals surface area contributed by atoms with Crippen molar-refractivity contribution in [3.63, 3.8) is 0 Å². The minimum atomic E-state index is -1.66. The number of ether oxygens (including phenoxy) is 4. The molecule has 0 unspecified atom stereocenters. The van der Waals surface area contributed by atoms with E-state index < -0.39 is 8.07 Å². The molecule has 2 aliphatic heterocycles. The zero-order valence-corrected chi connectivity index (χ0v) is 18.3. The summed E-state index contributed by atoms with van der Waals surface area (Å²) >= 11 is 0. The Labute approximate surface area is 168 Å². The second kappa shape index (κ2) is 7.33. The van der Waals surface area contributed by atoms with Crippen molar-refractivity contribution in [1.82, 2.24) is 5.32 Å². The van der Waals surface area contributed by atoms with Gasteiger partial charge in [-0.3, -0.25) is 0 Å². The van der Waals surface area contributed by atoms with Gasteiger partial charge in [0.25, 0.3) is 0 Å². The number of hydrogen-bond acceptors (Lipinski definition) is 5. The standard InChI is InChI=1S/C22H29NO4Si/c1-24-18-7-6-15(22(21(18)25-2)28(3,4)5)10-17-16-12-20-19(26-13-27-20)11-14(16)8-9-23-17/h6-7,11-12,17,23H,8-10,13H2,1-5H3/t17-/m0/s1. The molecule has 6 heteroatoms. The van der Waals surface area contributed by atoms with Gasteiger partial charge in [0, 0.05) is 6.04 Å². The molecule has 0 saturated heterocycles. The van der Waals surface area contributed by atoms with Gasteiger partial charge in [-0.15, -0.1) is 0 Å². The Balaban J connectivity index is 1.75. The smallest absolute Gasteiger partial charge is 0.231 e. The first-order valence-electron chi connectivity index (χ1n) is 9.82. The maximum atomic E-state index is 5.81. The Hall–Kier alpha value is -2.18. The summed E-state index contributed by atoms with van der Waals surface area (Å²) in [4.78, 5) is 0. The van der Waals surface area contributed by atoms with Crippen molar-refractivity contribution in [2.24, 2.45) is 0 Å². The lowest BCUT2D eigenvalue weighted by atomic mass is 9.89. The molecule has 0 bridgehead atoms. The first kappa shape index (κ1) is 19.1. The van der Waals surface area contributed by atoms with Gasteiger partial charge in [-0.05, 0) is 59.5 Å². The normalized spacial score (nSPS) is 18.0. The van der Waals surface area contributed by atoms with E-state index in [1.807, 2.05) is 6.07 Å². The quantitative estimate of drug-likeness (QED) is 0.781. The molecule has 1 atom stereocenters. The van der Waals surface area contributed by atoms with Gasteiger partial charge in [-0.25, -0.2) is 0 Å². The molecule has 0 saturated carbocycles. The minimum Gasteiger partial charge on any atom is -0.493 e. The Bertz CT molecular complexity index is 891. The van der Waals surface area contributed by atoms with Crippen molar-refractivity contribution < 1.29 is 18.9 Å². The van der Waals surface area contributed by atoms with Gasteiger partial charge in [-0.2, -0.15) is 0 Å². The van der Waals surface area contributed by atoms with Crippen LogP contribution in [0.2, 0.25) is 19.6 Å². The predicted octanol–water partition coefficient (Wildman–Crippen LogP) is 3.41. The number of methoxy groups -OCH3 is 2. The molecular formula is C22H29NO4Si. The molecule has 2 aromatic carbocycles. The largest absolute Gasteiger partial charge is 0.493 e. The first-order valence-corrected chi connectivity index (χ1v) is 13.3. The summed E-state index contributed by atoms with van der Waals surface area (Å²) in [7, 11) is 1.78. The summed E-state index contributed by atoms with van der Waals surface area (Å²) in [5, 5.41) is 5.04. The third kappa shape index (κ3) is 3.35. The second-order valence-corrected chi connectivity index (χ2v) is 13.5. The highest BCUT2D eigenvalue weighted by Crippen LogP contribution is 2.39. The maximum Gasteiger partial charge on any atom is 0.231 e. The van der Waals surface area contributed by atoms with E-state index in [1.165, 1.54) is 21.9 Å². The summed E-state index contributed by atoms with van der Waals surface area (Å²) in [6.45, 7) is 8.34. The van der Waals surface area contributed by atoms with Crippen LogP contribution in [-0.2, 0) is 12.8 Å². The Kier molecular flexibility index (Phi) is 5.01. The van der Waals surface area contributed by atoms with E-state index >= 15 is 0 Å². The summed E-state index contributed by atoms with van der Waals surface area (Å²) in [5.74, 6) is 3.42. The molecule has 1 N–H and O–H groups in total. The molecule has 0 radical (unpaired) electrons. The summed E-state index contributed by atoms with van der Waals surface area (Å²) in [5.41, 5.74) is 4.00. The van der Waals surface area contributed by atoms with Gasteiger partial charge >= 0.3 is 0 Å². The highest BCUT2D eigenvalue weighted by atomic mass is 28.3. The van der Waals surface area contributed by atoms with Crippen LogP contribution >= 0.6 is 0 Å². The monoisotopic (exact) mass is 399 g/mol. The molecule has 0 fully saturated rings. The molecular weight excluding hydrogens is 370 g/mol. The lowest BCUT2D eigenvalue weighted by Gasteiger charge is -2.31. The van der Waals surface area contributed by atoms with Crippen molar-refractivity contribution in [3.8, 4) is 23.0 Å². The highest BCUT2D eigenvalue weighted by Gasteiger charge is 2.30. The summed E-state index contributed by atoms with van der Waals surface area (Å²) < 4.78 is 22.6. The third-order valence-corrected chi connectivity index (χ3v) is 7.65. The van der Waals surface area contributed by atoms with Crippen LogP contribution in [0.3, 0.4) is 0 Å². The third-order valence-electron chi connectivity index (χ3n) is 5.60. The molecule has 150 valence electrons. The van der Waals surface area contributed by atoms with Crippen LogP contribution in [0.4, 0.5) is 0 Å². The topological polar surface area (TPSA) is 49.0 Å². The van der Waals surface area contributed by atoms with E-state index in [0.717, 1.165) is 42.4 Å². The van der Waals surface area contributed by atoms with E-state index in [9.17, 15) is 0 Å². The van der Waals surface area contributed by atoms with Crippen molar-refractivity contribution in [3.05, 3.63) is 41.0 Å². The maximum absolute atomic E-state index is 5.81. The van der Waals surface area contributed by atoms with Crippen molar-refractivity contribution >= 4 is 13.3 Å². The van der Waals surface area contributed by atoms with E-state index in [-0.39, 0.29) is 6.04 Å². The Morgan fingerprint density at radius 1 is 1.07 bits per heavy atom. The van der Waals surface area contributed by atoms with Crippen LogP contribution < -0.4 is 29.5 Å². The van der Waals surface area contributed by atoms with Crippen LogP contribution in [0.5, 0.6) is 23.0 Å². The fraction of sp³-hybridized carbons (Fsp3) is 0.455. The number of benzene rings is 2.